The molecule has 0 aliphatic rings. The van der Waals surface area contributed by atoms with Gasteiger partial charge in [0.1, 0.15) is 6.33 Å². The summed E-state index contributed by atoms with van der Waals surface area (Å²) < 4.78 is 1.82. The van der Waals surface area contributed by atoms with Crippen LogP contribution < -0.4 is 5.32 Å². The van der Waals surface area contributed by atoms with E-state index in [1.807, 2.05) is 10.8 Å². The summed E-state index contributed by atoms with van der Waals surface area (Å²) in [4.78, 5) is 12.6. The second-order valence-corrected chi connectivity index (χ2v) is 4.92. The van der Waals surface area contributed by atoms with E-state index in [0.717, 1.165) is 12.2 Å². The van der Waals surface area contributed by atoms with E-state index in [9.17, 15) is 0 Å². The lowest BCUT2D eigenvalue weighted by Crippen LogP contribution is -2.35. The molecule has 2 aromatic heterocycles. The van der Waals surface area contributed by atoms with Crippen LogP contribution in [0.15, 0.2) is 31.0 Å². The minimum absolute atomic E-state index is 0.0903. The van der Waals surface area contributed by atoms with Crippen LogP contribution in [-0.4, -0.2) is 25.1 Å². The third kappa shape index (κ3) is 3.35. The number of hydrogen-bond donors (Lipinski definition) is 1. The Labute approximate surface area is 101 Å². The van der Waals surface area contributed by atoms with Gasteiger partial charge in [0.25, 0.3) is 0 Å². The molecule has 0 aliphatic heterocycles. The highest BCUT2D eigenvalue weighted by molar-refractivity contribution is 5.12. The standard InChI is InChI=1S/C12H17N5/c1-12(2,3)16-7-10-8-17(9-15-10)11-13-5-4-6-14-11/h4-6,8-9,16H,7H2,1-3H3. The molecular formula is C12H17N5. The summed E-state index contributed by atoms with van der Waals surface area (Å²) >= 11 is 0. The van der Waals surface area contributed by atoms with Crippen molar-refractivity contribution in [3.05, 3.63) is 36.7 Å². The molecule has 0 aliphatic carbocycles. The quantitative estimate of drug-likeness (QED) is 0.870. The molecule has 17 heavy (non-hydrogen) atoms. The van der Waals surface area contributed by atoms with Gasteiger partial charge in [-0.2, -0.15) is 0 Å². The Morgan fingerprint density at radius 3 is 2.53 bits per heavy atom. The predicted octanol–water partition coefficient (Wildman–Crippen LogP) is 1.55. The van der Waals surface area contributed by atoms with E-state index >= 15 is 0 Å². The van der Waals surface area contributed by atoms with Gasteiger partial charge in [-0.25, -0.2) is 15.0 Å². The maximum Gasteiger partial charge on any atom is 0.234 e. The number of aromatic nitrogens is 4. The van der Waals surface area contributed by atoms with Gasteiger partial charge < -0.3 is 5.32 Å². The van der Waals surface area contributed by atoms with Gasteiger partial charge >= 0.3 is 0 Å². The summed E-state index contributed by atoms with van der Waals surface area (Å²) in [5.41, 5.74) is 1.07. The molecule has 0 fully saturated rings. The summed E-state index contributed by atoms with van der Waals surface area (Å²) in [6, 6.07) is 1.79. The summed E-state index contributed by atoms with van der Waals surface area (Å²) in [7, 11) is 0. The molecule has 2 rings (SSSR count). The molecule has 5 heteroatoms. The van der Waals surface area contributed by atoms with Gasteiger partial charge in [-0.1, -0.05) is 0 Å². The van der Waals surface area contributed by atoms with Crippen LogP contribution in [0.4, 0.5) is 0 Å². The van der Waals surface area contributed by atoms with Crippen molar-refractivity contribution in [2.75, 3.05) is 0 Å². The maximum absolute atomic E-state index is 4.32. The third-order valence-electron chi connectivity index (χ3n) is 2.22. The molecule has 0 saturated heterocycles. The topological polar surface area (TPSA) is 55.6 Å². The van der Waals surface area contributed by atoms with Gasteiger partial charge in [0, 0.05) is 30.7 Å². The second-order valence-electron chi connectivity index (χ2n) is 4.92. The average Bonchev–Trinajstić information content (AvgIpc) is 2.75. The van der Waals surface area contributed by atoms with E-state index < -0.39 is 0 Å². The van der Waals surface area contributed by atoms with Crippen molar-refractivity contribution >= 4 is 0 Å². The van der Waals surface area contributed by atoms with Crippen molar-refractivity contribution in [3.63, 3.8) is 0 Å². The van der Waals surface area contributed by atoms with Gasteiger partial charge in [0.05, 0.1) is 5.69 Å². The molecule has 0 saturated carbocycles. The Morgan fingerprint density at radius 2 is 1.88 bits per heavy atom. The monoisotopic (exact) mass is 231 g/mol. The molecule has 0 spiro atoms. The van der Waals surface area contributed by atoms with E-state index in [1.165, 1.54) is 0 Å². The highest BCUT2D eigenvalue weighted by Crippen LogP contribution is 2.05. The Hall–Kier alpha value is -1.75. The minimum atomic E-state index is 0.0903. The van der Waals surface area contributed by atoms with E-state index in [0.29, 0.717) is 5.95 Å². The molecule has 0 atom stereocenters. The average molecular weight is 231 g/mol. The molecule has 2 aromatic rings. The summed E-state index contributed by atoms with van der Waals surface area (Å²) in [6.45, 7) is 7.13. The molecule has 0 aromatic carbocycles. The van der Waals surface area contributed by atoms with Crippen LogP contribution in [0.25, 0.3) is 5.95 Å². The van der Waals surface area contributed by atoms with Crippen molar-refractivity contribution in [1.29, 1.82) is 0 Å². The van der Waals surface area contributed by atoms with E-state index in [-0.39, 0.29) is 5.54 Å². The lowest BCUT2D eigenvalue weighted by Gasteiger charge is -2.19. The largest absolute Gasteiger partial charge is 0.306 e. The first-order valence-corrected chi connectivity index (χ1v) is 5.60. The van der Waals surface area contributed by atoms with Crippen molar-refractivity contribution in [2.24, 2.45) is 0 Å². The SMILES string of the molecule is CC(C)(C)NCc1cn(-c2ncccn2)cn1. The molecule has 0 amide bonds. The zero-order chi connectivity index (χ0) is 12.3. The first kappa shape index (κ1) is 11.7. The fourth-order valence-corrected chi connectivity index (χ4v) is 1.34. The lowest BCUT2D eigenvalue weighted by atomic mass is 10.1. The Bertz CT molecular complexity index is 469. The third-order valence-corrected chi connectivity index (χ3v) is 2.22. The van der Waals surface area contributed by atoms with Crippen molar-refractivity contribution in [1.82, 2.24) is 24.8 Å². The Balaban J connectivity index is 2.07. The van der Waals surface area contributed by atoms with Crippen molar-refractivity contribution in [2.45, 2.75) is 32.9 Å². The highest BCUT2D eigenvalue weighted by Gasteiger charge is 2.10. The number of nitrogens with one attached hydrogen (secondary N) is 1. The normalized spacial score (nSPS) is 11.7. The molecular weight excluding hydrogens is 214 g/mol. The fourth-order valence-electron chi connectivity index (χ4n) is 1.34. The predicted molar refractivity (Wildman–Crippen MR) is 65.7 cm³/mol. The summed E-state index contributed by atoms with van der Waals surface area (Å²) in [5.74, 6) is 0.641. The number of rotatable bonds is 3. The maximum atomic E-state index is 4.32. The highest BCUT2D eigenvalue weighted by atomic mass is 15.2. The van der Waals surface area contributed by atoms with Crippen molar-refractivity contribution in [3.8, 4) is 5.95 Å². The smallest absolute Gasteiger partial charge is 0.234 e. The Morgan fingerprint density at radius 1 is 1.18 bits per heavy atom. The number of nitrogens with zero attached hydrogens (tertiary/aromatic N) is 4. The molecule has 2 heterocycles. The van der Waals surface area contributed by atoms with Gasteiger partial charge in [-0.15, -0.1) is 0 Å². The van der Waals surface area contributed by atoms with Crippen LogP contribution in [0.5, 0.6) is 0 Å². The first-order chi connectivity index (χ1) is 8.04. The van der Waals surface area contributed by atoms with Crippen LogP contribution in [0.2, 0.25) is 0 Å². The molecule has 90 valence electrons. The number of imidazole rings is 1. The van der Waals surface area contributed by atoms with Gasteiger partial charge in [0.15, 0.2) is 0 Å². The summed E-state index contributed by atoms with van der Waals surface area (Å²) in [5, 5.41) is 3.39. The van der Waals surface area contributed by atoms with Crippen LogP contribution in [-0.2, 0) is 6.54 Å². The van der Waals surface area contributed by atoms with Crippen LogP contribution in [0, 0.1) is 0 Å². The van der Waals surface area contributed by atoms with Crippen LogP contribution in [0.1, 0.15) is 26.5 Å². The van der Waals surface area contributed by atoms with Gasteiger partial charge in [0.2, 0.25) is 5.95 Å². The van der Waals surface area contributed by atoms with E-state index in [1.54, 1.807) is 24.8 Å². The van der Waals surface area contributed by atoms with E-state index in [2.05, 4.69) is 41.0 Å². The lowest BCUT2D eigenvalue weighted by molar-refractivity contribution is 0.421. The van der Waals surface area contributed by atoms with Gasteiger partial charge in [-0.3, -0.25) is 4.57 Å². The minimum Gasteiger partial charge on any atom is -0.306 e. The van der Waals surface area contributed by atoms with E-state index in [4.69, 9.17) is 0 Å². The van der Waals surface area contributed by atoms with Crippen LogP contribution in [0.3, 0.4) is 0 Å². The van der Waals surface area contributed by atoms with Crippen molar-refractivity contribution < 1.29 is 0 Å². The van der Waals surface area contributed by atoms with Gasteiger partial charge in [-0.05, 0) is 26.8 Å². The fraction of sp³-hybridized carbons (Fsp3) is 0.417. The Kier molecular flexibility index (Phi) is 3.19. The summed E-state index contributed by atoms with van der Waals surface area (Å²) in [6.07, 6.45) is 7.11. The second kappa shape index (κ2) is 4.63. The molecule has 1 N–H and O–H groups in total. The molecule has 0 radical (unpaired) electrons. The molecule has 0 bridgehead atoms. The zero-order valence-corrected chi connectivity index (χ0v) is 10.4. The number of hydrogen-bond acceptors (Lipinski definition) is 4. The molecule has 5 nitrogen and oxygen atoms in total. The molecule has 0 unspecified atom stereocenters. The zero-order valence-electron chi connectivity index (χ0n) is 10.4. The first-order valence-electron chi connectivity index (χ1n) is 5.60. The van der Waals surface area contributed by atoms with Crippen LogP contribution >= 0.6 is 0 Å².